The third-order valence-corrected chi connectivity index (χ3v) is 4.53. The molecule has 2 aromatic rings. The van der Waals surface area contributed by atoms with E-state index in [0.29, 0.717) is 11.5 Å². The fourth-order valence-electron chi connectivity index (χ4n) is 3.08. The summed E-state index contributed by atoms with van der Waals surface area (Å²) in [6, 6.07) is 17.4. The molecule has 1 heterocycles. The van der Waals surface area contributed by atoms with Crippen molar-refractivity contribution in [3.63, 3.8) is 0 Å². The van der Waals surface area contributed by atoms with Gasteiger partial charge in [-0.1, -0.05) is 67.5 Å². The summed E-state index contributed by atoms with van der Waals surface area (Å²) in [5.74, 6) is 0.271. The van der Waals surface area contributed by atoms with Crippen molar-refractivity contribution in [2.24, 2.45) is 11.1 Å². The van der Waals surface area contributed by atoms with Crippen molar-refractivity contribution < 1.29 is 14.4 Å². The van der Waals surface area contributed by atoms with Gasteiger partial charge in [0, 0.05) is 17.4 Å². The molecule has 3 atom stereocenters. The van der Waals surface area contributed by atoms with Crippen LogP contribution in [-0.2, 0) is 9.63 Å². The van der Waals surface area contributed by atoms with Gasteiger partial charge < -0.3 is 9.57 Å². The zero-order chi connectivity index (χ0) is 17.1. The number of nitrogens with zero attached hydrogens (tertiary/aromatic N) is 1. The number of hydrogen-bond donors (Lipinski definition) is 0. The van der Waals surface area contributed by atoms with Gasteiger partial charge in [-0.15, -0.1) is 0 Å². The van der Waals surface area contributed by atoms with Crippen molar-refractivity contribution in [1.29, 1.82) is 0 Å². The minimum atomic E-state index is -0.333. The molecule has 0 unspecified atom stereocenters. The molecule has 0 fully saturated rings. The van der Waals surface area contributed by atoms with Crippen molar-refractivity contribution >= 4 is 11.5 Å². The second-order valence-electron chi connectivity index (χ2n) is 6.03. The first kappa shape index (κ1) is 16.2. The number of carbonyl (C=O) groups excluding carboxylic acids is 1. The van der Waals surface area contributed by atoms with Crippen LogP contribution in [0.2, 0.25) is 0 Å². The van der Waals surface area contributed by atoms with E-state index < -0.39 is 0 Å². The molecule has 0 aliphatic carbocycles. The highest BCUT2D eigenvalue weighted by Crippen LogP contribution is 2.35. The molecule has 2 aromatic carbocycles. The number of benzene rings is 2. The van der Waals surface area contributed by atoms with Crippen LogP contribution >= 0.6 is 0 Å². The molecule has 0 bridgehead atoms. The van der Waals surface area contributed by atoms with E-state index in [1.165, 1.54) is 0 Å². The Morgan fingerprint density at radius 1 is 1.12 bits per heavy atom. The Kier molecular flexibility index (Phi) is 4.65. The molecular formula is C20H21NO3. The zero-order valence-electron chi connectivity index (χ0n) is 14.1. The number of carbonyl (C=O) groups is 1. The van der Waals surface area contributed by atoms with E-state index >= 15 is 0 Å². The van der Waals surface area contributed by atoms with Gasteiger partial charge in [-0.3, -0.25) is 4.79 Å². The number of ketones is 1. The minimum absolute atomic E-state index is 0.0227. The predicted molar refractivity (Wildman–Crippen MR) is 93.3 cm³/mol. The van der Waals surface area contributed by atoms with Gasteiger partial charge >= 0.3 is 0 Å². The van der Waals surface area contributed by atoms with Crippen LogP contribution in [0.1, 0.15) is 37.0 Å². The van der Waals surface area contributed by atoms with Gasteiger partial charge in [-0.2, -0.15) is 0 Å². The van der Waals surface area contributed by atoms with Crippen molar-refractivity contribution in [2.75, 3.05) is 7.11 Å². The highest BCUT2D eigenvalue weighted by Gasteiger charge is 2.37. The maximum Gasteiger partial charge on any atom is 0.188 e. The maximum absolute atomic E-state index is 12.9. The number of rotatable bonds is 5. The summed E-state index contributed by atoms with van der Waals surface area (Å²) in [7, 11) is 1.61. The highest BCUT2D eigenvalue weighted by atomic mass is 16.6. The normalized spacial score (nSPS) is 20.9. The lowest BCUT2D eigenvalue weighted by Gasteiger charge is -2.17. The summed E-state index contributed by atoms with van der Waals surface area (Å²) >= 11 is 0. The van der Waals surface area contributed by atoms with Crippen LogP contribution in [0.25, 0.3) is 0 Å². The van der Waals surface area contributed by atoms with E-state index in [4.69, 9.17) is 9.57 Å². The van der Waals surface area contributed by atoms with Crippen LogP contribution < -0.4 is 4.74 Å². The Bertz CT molecular complexity index is 754. The first-order chi connectivity index (χ1) is 11.6. The van der Waals surface area contributed by atoms with E-state index in [1.54, 1.807) is 7.11 Å². The largest absolute Gasteiger partial charge is 0.496 e. The van der Waals surface area contributed by atoms with Gasteiger partial charge in [0.1, 0.15) is 11.5 Å². The van der Waals surface area contributed by atoms with Crippen molar-refractivity contribution in [3.05, 3.63) is 65.7 Å². The van der Waals surface area contributed by atoms with Gasteiger partial charge in [0.2, 0.25) is 0 Å². The molecule has 0 aromatic heterocycles. The van der Waals surface area contributed by atoms with E-state index in [-0.39, 0.29) is 23.7 Å². The van der Waals surface area contributed by atoms with Gasteiger partial charge in [0.15, 0.2) is 11.9 Å². The summed E-state index contributed by atoms with van der Waals surface area (Å²) in [6.45, 7) is 3.86. The maximum atomic E-state index is 12.9. The second kappa shape index (κ2) is 6.87. The first-order valence-electron chi connectivity index (χ1n) is 8.09. The highest BCUT2D eigenvalue weighted by molar-refractivity contribution is 6.42. The van der Waals surface area contributed by atoms with Crippen molar-refractivity contribution in [2.45, 2.75) is 25.9 Å². The third-order valence-electron chi connectivity index (χ3n) is 4.53. The molecule has 0 N–H and O–H groups in total. The van der Waals surface area contributed by atoms with Gasteiger partial charge in [-0.05, 0) is 11.6 Å². The van der Waals surface area contributed by atoms with Crippen LogP contribution in [0.4, 0.5) is 0 Å². The molecule has 1 aliphatic heterocycles. The topological polar surface area (TPSA) is 47.9 Å². The average molecular weight is 323 g/mol. The van der Waals surface area contributed by atoms with Crippen LogP contribution in [0.5, 0.6) is 5.75 Å². The third kappa shape index (κ3) is 2.92. The summed E-state index contributed by atoms with van der Waals surface area (Å²) < 4.78 is 5.37. The van der Waals surface area contributed by atoms with Crippen molar-refractivity contribution in [1.82, 2.24) is 0 Å². The minimum Gasteiger partial charge on any atom is -0.496 e. The number of oxime groups is 1. The lowest BCUT2D eigenvalue weighted by molar-refractivity contribution is -0.114. The SMILES string of the molecule is COc1ccccc1[C@H](C)C(=O)C1=NO[C@H](c2ccccc2)[C@H]1C. The molecule has 0 saturated carbocycles. The van der Waals surface area contributed by atoms with Gasteiger partial charge in [-0.25, -0.2) is 0 Å². The molecule has 3 rings (SSSR count). The van der Waals surface area contributed by atoms with Gasteiger partial charge in [0.25, 0.3) is 0 Å². The standard InChI is InChI=1S/C20H21NO3/c1-13(16-11-7-8-12-17(16)23-3)19(22)18-14(2)20(24-21-18)15-9-5-4-6-10-15/h4-14,20H,1-3H3/t13-,14-,20-/m0/s1. The predicted octanol–water partition coefficient (Wildman–Crippen LogP) is 4.13. The Balaban J connectivity index is 1.81. The molecule has 0 radical (unpaired) electrons. The zero-order valence-corrected chi connectivity index (χ0v) is 14.1. The van der Waals surface area contributed by atoms with E-state index in [0.717, 1.165) is 11.1 Å². The molecule has 0 amide bonds. The summed E-state index contributed by atoms with van der Waals surface area (Å²) in [4.78, 5) is 18.5. The Morgan fingerprint density at radius 2 is 1.79 bits per heavy atom. The lowest BCUT2D eigenvalue weighted by atomic mass is 9.85. The molecular weight excluding hydrogens is 302 g/mol. The summed E-state index contributed by atoms with van der Waals surface area (Å²) in [6.07, 6.45) is -0.213. The number of para-hydroxylation sites is 1. The molecule has 4 heteroatoms. The quantitative estimate of drug-likeness (QED) is 0.831. The lowest BCUT2D eigenvalue weighted by Crippen LogP contribution is -2.26. The fourth-order valence-corrected chi connectivity index (χ4v) is 3.08. The molecule has 124 valence electrons. The Labute approximate surface area is 142 Å². The molecule has 4 nitrogen and oxygen atoms in total. The first-order valence-corrected chi connectivity index (χ1v) is 8.09. The molecule has 0 spiro atoms. The number of methoxy groups -OCH3 is 1. The van der Waals surface area contributed by atoms with E-state index in [2.05, 4.69) is 5.16 Å². The molecule has 24 heavy (non-hydrogen) atoms. The van der Waals surface area contributed by atoms with Gasteiger partial charge in [0.05, 0.1) is 7.11 Å². The second-order valence-corrected chi connectivity index (χ2v) is 6.03. The number of ether oxygens (including phenoxy) is 1. The van der Waals surface area contributed by atoms with Crippen molar-refractivity contribution in [3.8, 4) is 5.75 Å². The average Bonchev–Trinajstić information content (AvgIpc) is 3.02. The number of hydrogen-bond acceptors (Lipinski definition) is 4. The van der Waals surface area contributed by atoms with E-state index in [9.17, 15) is 4.79 Å². The summed E-state index contributed by atoms with van der Waals surface area (Å²) in [5, 5.41) is 4.10. The smallest absolute Gasteiger partial charge is 0.188 e. The van der Waals surface area contributed by atoms with Crippen LogP contribution in [0.15, 0.2) is 59.8 Å². The Morgan fingerprint density at radius 3 is 2.50 bits per heavy atom. The van der Waals surface area contributed by atoms with Crippen LogP contribution in [0, 0.1) is 5.92 Å². The van der Waals surface area contributed by atoms with Crippen LogP contribution in [-0.4, -0.2) is 18.6 Å². The molecule has 1 aliphatic rings. The van der Waals surface area contributed by atoms with Crippen LogP contribution in [0.3, 0.4) is 0 Å². The summed E-state index contributed by atoms with van der Waals surface area (Å²) in [5.41, 5.74) is 2.38. The molecule has 0 saturated heterocycles. The monoisotopic (exact) mass is 323 g/mol. The Hall–Kier alpha value is -2.62. The van der Waals surface area contributed by atoms with E-state index in [1.807, 2.05) is 68.4 Å². The number of Topliss-reactive ketones (excluding diaryl/α,β-unsaturated/α-hetero) is 1. The fraction of sp³-hybridized carbons (Fsp3) is 0.300.